The summed E-state index contributed by atoms with van der Waals surface area (Å²) in [5.74, 6) is 0.877. The summed E-state index contributed by atoms with van der Waals surface area (Å²) < 4.78 is 21.9. The van der Waals surface area contributed by atoms with Gasteiger partial charge in [-0.25, -0.2) is 9.00 Å². The zero-order valence-corrected chi connectivity index (χ0v) is 13.9. The predicted molar refractivity (Wildman–Crippen MR) is 81.8 cm³/mol. The molecule has 1 N–H and O–H groups in total. The summed E-state index contributed by atoms with van der Waals surface area (Å²) in [6.07, 6.45) is 2.02. The summed E-state index contributed by atoms with van der Waals surface area (Å²) in [5, 5.41) is 8.96. The highest BCUT2D eigenvalue weighted by Crippen LogP contribution is 2.32. The number of aliphatic hydroxyl groups excluding tert-OH is 1. The minimum atomic E-state index is -2.51. The van der Waals surface area contributed by atoms with Crippen molar-refractivity contribution in [1.29, 1.82) is 0 Å². The lowest BCUT2D eigenvalue weighted by Crippen LogP contribution is -2.49. The van der Waals surface area contributed by atoms with Crippen LogP contribution in [0.4, 0.5) is 4.79 Å². The van der Waals surface area contributed by atoms with Crippen LogP contribution in [-0.2, 0) is 14.5 Å². The van der Waals surface area contributed by atoms with Crippen molar-refractivity contribution >= 4 is 15.8 Å². The van der Waals surface area contributed by atoms with Gasteiger partial charge in [-0.2, -0.15) is 0 Å². The number of fused-ring (bicyclic) bond motifs is 2. The second-order valence-electron chi connectivity index (χ2n) is 6.88. The normalized spacial score (nSPS) is 33.0. The van der Waals surface area contributed by atoms with E-state index < -0.39 is 21.4 Å². The number of nitrogens with zero attached hydrogens (tertiary/aromatic N) is 2. The Kier molecular flexibility index (Phi) is 4.95. The van der Waals surface area contributed by atoms with Crippen LogP contribution in [-0.4, -0.2) is 62.7 Å². The van der Waals surface area contributed by atoms with Gasteiger partial charge in [-0.1, -0.05) is 0 Å². The number of aliphatic hydroxyl groups is 1. The Hall–Kier alpha value is -0.660. The fraction of sp³-hybridized carbons (Fsp3) is 0.929. The van der Waals surface area contributed by atoms with Crippen LogP contribution in [0.25, 0.3) is 0 Å². The molecule has 2 aliphatic rings. The summed E-state index contributed by atoms with van der Waals surface area (Å²) in [6.45, 7) is 6.32. The van der Waals surface area contributed by atoms with Gasteiger partial charge in [0.2, 0.25) is 0 Å². The van der Waals surface area contributed by atoms with Gasteiger partial charge in [0, 0.05) is 36.7 Å². The van der Waals surface area contributed by atoms with E-state index in [1.54, 1.807) is 20.8 Å². The maximum absolute atomic E-state index is 12.8. The monoisotopic (exact) mass is 318 g/mol. The smallest absolute Gasteiger partial charge is 0.442 e. The highest BCUT2D eigenvalue weighted by molar-refractivity contribution is 7.94. The van der Waals surface area contributed by atoms with Gasteiger partial charge in [0.1, 0.15) is 5.60 Å². The van der Waals surface area contributed by atoms with E-state index in [4.69, 9.17) is 9.84 Å². The molecule has 2 rings (SSSR count). The molecule has 1 amide bonds. The SMILES string of the molecule is CC(C)(C)OC(=O)N=S1(=O)CC2CCC(C1)N2CCCO. The average Bonchev–Trinajstić information content (AvgIpc) is 2.55. The molecule has 0 aromatic rings. The molecule has 2 fully saturated rings. The first-order valence-electron chi connectivity index (χ1n) is 7.54. The van der Waals surface area contributed by atoms with Gasteiger partial charge < -0.3 is 9.84 Å². The first kappa shape index (κ1) is 16.7. The molecule has 2 bridgehead atoms. The third-order valence-electron chi connectivity index (χ3n) is 3.89. The van der Waals surface area contributed by atoms with E-state index in [0.29, 0.717) is 11.5 Å². The van der Waals surface area contributed by atoms with E-state index in [1.165, 1.54) is 0 Å². The largest absolute Gasteiger partial charge is 0.442 e. The molecule has 7 heteroatoms. The zero-order chi connectivity index (χ0) is 15.7. The number of carbonyl (C=O) groups is 1. The third kappa shape index (κ3) is 4.40. The van der Waals surface area contributed by atoms with Crippen molar-refractivity contribution in [2.75, 3.05) is 24.7 Å². The van der Waals surface area contributed by atoms with Crippen molar-refractivity contribution in [2.45, 2.75) is 57.7 Å². The van der Waals surface area contributed by atoms with Crippen LogP contribution in [0.2, 0.25) is 0 Å². The van der Waals surface area contributed by atoms with Gasteiger partial charge >= 0.3 is 6.09 Å². The molecule has 2 atom stereocenters. The van der Waals surface area contributed by atoms with Crippen LogP contribution in [0.1, 0.15) is 40.0 Å². The Bertz CT molecular complexity index is 486. The number of hydrogen-bond donors (Lipinski definition) is 1. The van der Waals surface area contributed by atoms with E-state index in [2.05, 4.69) is 9.26 Å². The second kappa shape index (κ2) is 6.22. The quantitative estimate of drug-likeness (QED) is 0.855. The molecule has 2 saturated heterocycles. The highest BCUT2D eigenvalue weighted by atomic mass is 32.2. The zero-order valence-electron chi connectivity index (χ0n) is 13.1. The van der Waals surface area contributed by atoms with Gasteiger partial charge in [-0.15, -0.1) is 4.36 Å². The van der Waals surface area contributed by atoms with E-state index in [0.717, 1.165) is 25.8 Å². The summed E-state index contributed by atoms with van der Waals surface area (Å²) in [7, 11) is -2.51. The van der Waals surface area contributed by atoms with Crippen LogP contribution in [0.5, 0.6) is 0 Å². The lowest BCUT2D eigenvalue weighted by atomic mass is 10.2. The number of ether oxygens (including phenoxy) is 1. The lowest BCUT2D eigenvalue weighted by molar-refractivity contribution is 0.0607. The van der Waals surface area contributed by atoms with Crippen LogP contribution in [0.15, 0.2) is 4.36 Å². The maximum atomic E-state index is 12.8. The van der Waals surface area contributed by atoms with E-state index in [1.807, 2.05) is 0 Å². The molecule has 0 spiro atoms. The number of hydrogen-bond acceptors (Lipinski definition) is 5. The Morgan fingerprint density at radius 3 is 2.38 bits per heavy atom. The standard InChI is InChI=1S/C14H26N2O4S/c1-14(2,3)20-13(18)15-21(19)9-11-5-6-12(10-21)16(11)7-4-8-17/h11-12,17H,4-10H2,1-3H3. The molecule has 21 heavy (non-hydrogen) atoms. The van der Waals surface area contributed by atoms with Crippen molar-refractivity contribution in [3.8, 4) is 0 Å². The molecule has 0 saturated carbocycles. The van der Waals surface area contributed by atoms with Crippen molar-refractivity contribution in [3.05, 3.63) is 0 Å². The predicted octanol–water partition coefficient (Wildman–Crippen LogP) is 1.62. The fourth-order valence-electron chi connectivity index (χ4n) is 3.15. The second-order valence-corrected chi connectivity index (χ2v) is 9.27. The first-order valence-corrected chi connectivity index (χ1v) is 9.40. The summed E-state index contributed by atoms with van der Waals surface area (Å²) in [4.78, 5) is 14.1. The molecule has 6 nitrogen and oxygen atoms in total. The Balaban J connectivity index is 2.07. The van der Waals surface area contributed by atoms with Crippen LogP contribution in [0.3, 0.4) is 0 Å². The Labute approximate surface area is 127 Å². The van der Waals surface area contributed by atoms with Gasteiger partial charge in [0.25, 0.3) is 0 Å². The molecule has 0 aliphatic carbocycles. The van der Waals surface area contributed by atoms with Gasteiger partial charge in [0.05, 0.1) is 9.73 Å². The molecule has 2 unspecified atom stereocenters. The lowest BCUT2D eigenvalue weighted by Gasteiger charge is -2.35. The highest BCUT2D eigenvalue weighted by Gasteiger charge is 2.42. The Morgan fingerprint density at radius 2 is 1.90 bits per heavy atom. The van der Waals surface area contributed by atoms with Crippen LogP contribution < -0.4 is 0 Å². The average molecular weight is 318 g/mol. The summed E-state index contributed by atoms with van der Waals surface area (Å²) >= 11 is 0. The first-order chi connectivity index (χ1) is 9.72. The Morgan fingerprint density at radius 1 is 1.33 bits per heavy atom. The molecule has 2 aliphatic heterocycles. The molecular formula is C14H26N2O4S. The third-order valence-corrected chi connectivity index (χ3v) is 6.18. The van der Waals surface area contributed by atoms with Gasteiger partial charge in [-0.3, -0.25) is 4.90 Å². The minimum absolute atomic E-state index is 0.174. The van der Waals surface area contributed by atoms with Crippen molar-refractivity contribution in [2.24, 2.45) is 4.36 Å². The molecule has 0 aromatic carbocycles. The van der Waals surface area contributed by atoms with E-state index in [9.17, 15) is 9.00 Å². The fourth-order valence-corrected chi connectivity index (χ4v) is 5.66. The van der Waals surface area contributed by atoms with Crippen molar-refractivity contribution in [3.63, 3.8) is 0 Å². The van der Waals surface area contributed by atoms with Crippen molar-refractivity contribution in [1.82, 2.24) is 4.90 Å². The van der Waals surface area contributed by atoms with Crippen LogP contribution in [0, 0.1) is 0 Å². The topological polar surface area (TPSA) is 79.2 Å². The van der Waals surface area contributed by atoms with Gasteiger partial charge in [-0.05, 0) is 40.0 Å². The summed E-state index contributed by atoms with van der Waals surface area (Å²) in [6, 6.07) is 0.433. The van der Waals surface area contributed by atoms with Crippen molar-refractivity contribution < 1.29 is 18.8 Å². The number of carbonyl (C=O) groups excluding carboxylic acids is 1. The van der Waals surface area contributed by atoms with E-state index >= 15 is 0 Å². The maximum Gasteiger partial charge on any atom is 0.442 e. The van der Waals surface area contributed by atoms with Crippen LogP contribution >= 0.6 is 0 Å². The molecule has 0 aromatic heterocycles. The number of rotatable bonds is 3. The van der Waals surface area contributed by atoms with Gasteiger partial charge in [0.15, 0.2) is 0 Å². The molecular weight excluding hydrogens is 292 g/mol. The summed E-state index contributed by atoms with van der Waals surface area (Å²) in [5.41, 5.74) is -0.614. The minimum Gasteiger partial charge on any atom is -0.442 e. The molecule has 2 heterocycles. The molecule has 0 radical (unpaired) electrons. The molecule has 122 valence electrons. The number of amides is 1. The van der Waals surface area contributed by atoms with E-state index in [-0.39, 0.29) is 18.7 Å².